The van der Waals surface area contributed by atoms with E-state index in [1.165, 1.54) is 0 Å². The highest BCUT2D eigenvalue weighted by Crippen LogP contribution is 2.07. The maximum Gasteiger partial charge on any atom is 0.191 e. The third-order valence-corrected chi connectivity index (χ3v) is 1.84. The predicted molar refractivity (Wildman–Crippen MR) is 51.6 cm³/mol. The summed E-state index contributed by atoms with van der Waals surface area (Å²) in [6.07, 6.45) is 0. The predicted octanol–water partition coefficient (Wildman–Crippen LogP) is 0.600. The molecule has 0 saturated heterocycles. The van der Waals surface area contributed by atoms with Crippen LogP contribution in [0.15, 0.2) is 4.42 Å². The molecule has 1 rings (SSSR count). The van der Waals surface area contributed by atoms with E-state index in [1.807, 2.05) is 20.9 Å². The lowest BCUT2D eigenvalue weighted by Gasteiger charge is -2.01. The van der Waals surface area contributed by atoms with Gasteiger partial charge in [0.05, 0.1) is 12.2 Å². The Bertz CT molecular complexity index is 257. The van der Waals surface area contributed by atoms with Gasteiger partial charge in [-0.1, -0.05) is 0 Å². The first kappa shape index (κ1) is 10.2. The van der Waals surface area contributed by atoms with E-state index in [9.17, 15) is 0 Å². The van der Waals surface area contributed by atoms with E-state index in [4.69, 9.17) is 4.42 Å². The van der Waals surface area contributed by atoms with Crippen LogP contribution in [0.3, 0.4) is 0 Å². The fourth-order valence-corrected chi connectivity index (χ4v) is 1.15. The maximum atomic E-state index is 5.40. The summed E-state index contributed by atoms with van der Waals surface area (Å²) in [7, 11) is 1.94. The van der Waals surface area contributed by atoms with Gasteiger partial charge in [-0.05, 0) is 14.0 Å². The molecule has 0 fully saturated rings. The van der Waals surface area contributed by atoms with Crippen molar-refractivity contribution >= 4 is 0 Å². The van der Waals surface area contributed by atoms with Gasteiger partial charge in [-0.3, -0.25) is 0 Å². The zero-order chi connectivity index (χ0) is 9.68. The van der Waals surface area contributed by atoms with Crippen molar-refractivity contribution in [2.75, 3.05) is 20.1 Å². The molecule has 4 heteroatoms. The molecule has 0 bridgehead atoms. The molecule has 1 aromatic rings. The van der Waals surface area contributed by atoms with Crippen LogP contribution in [0.2, 0.25) is 0 Å². The Labute approximate surface area is 78.7 Å². The van der Waals surface area contributed by atoms with Gasteiger partial charge in [0.1, 0.15) is 5.76 Å². The van der Waals surface area contributed by atoms with Gasteiger partial charge in [0.25, 0.3) is 0 Å². The van der Waals surface area contributed by atoms with Gasteiger partial charge in [0, 0.05) is 20.0 Å². The molecule has 74 valence electrons. The number of rotatable bonds is 5. The van der Waals surface area contributed by atoms with Crippen molar-refractivity contribution in [1.29, 1.82) is 0 Å². The van der Waals surface area contributed by atoms with Crippen LogP contribution in [0.5, 0.6) is 0 Å². The van der Waals surface area contributed by atoms with Gasteiger partial charge in [-0.15, -0.1) is 0 Å². The Hall–Kier alpha value is -0.870. The lowest BCUT2D eigenvalue weighted by Crippen LogP contribution is -2.24. The van der Waals surface area contributed by atoms with E-state index in [-0.39, 0.29) is 0 Å². The highest BCUT2D eigenvalue weighted by Gasteiger charge is 2.04. The Balaban J connectivity index is 2.32. The van der Waals surface area contributed by atoms with Crippen molar-refractivity contribution in [3.63, 3.8) is 0 Å². The summed E-state index contributed by atoms with van der Waals surface area (Å²) in [5, 5.41) is 6.33. The summed E-state index contributed by atoms with van der Waals surface area (Å²) in [5.41, 5.74) is 0.981. The number of likely N-dealkylation sites (N-methyl/N-ethyl adjacent to an activating group) is 1. The van der Waals surface area contributed by atoms with E-state index in [0.29, 0.717) is 0 Å². The minimum absolute atomic E-state index is 0.739. The molecule has 1 aromatic heterocycles. The first-order chi connectivity index (χ1) is 6.24. The second kappa shape index (κ2) is 4.99. The minimum atomic E-state index is 0.739. The van der Waals surface area contributed by atoms with Gasteiger partial charge < -0.3 is 15.1 Å². The smallest absolute Gasteiger partial charge is 0.191 e. The normalized spacial score (nSPS) is 10.7. The van der Waals surface area contributed by atoms with Crippen molar-refractivity contribution < 1.29 is 4.42 Å². The molecule has 2 N–H and O–H groups in total. The number of nitrogens with zero attached hydrogens (tertiary/aromatic N) is 1. The molecule has 0 spiro atoms. The van der Waals surface area contributed by atoms with Gasteiger partial charge >= 0.3 is 0 Å². The van der Waals surface area contributed by atoms with Crippen molar-refractivity contribution in [2.24, 2.45) is 0 Å². The van der Waals surface area contributed by atoms with Crippen LogP contribution < -0.4 is 10.6 Å². The fraction of sp³-hybridized carbons (Fsp3) is 0.667. The monoisotopic (exact) mass is 183 g/mol. The summed E-state index contributed by atoms with van der Waals surface area (Å²) in [4.78, 5) is 4.19. The molecule has 0 radical (unpaired) electrons. The van der Waals surface area contributed by atoms with Crippen LogP contribution in [0.1, 0.15) is 17.3 Å². The molecule has 0 aliphatic rings. The average molecular weight is 183 g/mol. The summed E-state index contributed by atoms with van der Waals surface area (Å²) in [5.74, 6) is 1.68. The van der Waals surface area contributed by atoms with Gasteiger partial charge in [0.2, 0.25) is 0 Å². The number of oxazole rings is 1. The Morgan fingerprint density at radius 1 is 1.31 bits per heavy atom. The van der Waals surface area contributed by atoms with Crippen LogP contribution in [0.4, 0.5) is 0 Å². The first-order valence-corrected chi connectivity index (χ1v) is 4.52. The summed E-state index contributed by atoms with van der Waals surface area (Å²) in [6.45, 7) is 6.49. The molecule has 13 heavy (non-hydrogen) atoms. The van der Waals surface area contributed by atoms with Crippen LogP contribution in [-0.2, 0) is 6.54 Å². The molecule has 1 heterocycles. The zero-order valence-corrected chi connectivity index (χ0v) is 8.48. The Morgan fingerprint density at radius 3 is 2.62 bits per heavy atom. The SMILES string of the molecule is CNCCNCc1oc(C)nc1C. The number of hydrogen-bond acceptors (Lipinski definition) is 4. The average Bonchev–Trinajstić information content (AvgIpc) is 2.39. The summed E-state index contributed by atoms with van der Waals surface area (Å²) < 4.78 is 5.40. The van der Waals surface area contributed by atoms with Crippen LogP contribution in [0.25, 0.3) is 0 Å². The van der Waals surface area contributed by atoms with E-state index in [0.717, 1.165) is 37.0 Å². The van der Waals surface area contributed by atoms with Crippen molar-refractivity contribution in [1.82, 2.24) is 15.6 Å². The number of aromatic nitrogens is 1. The molecule has 0 aliphatic carbocycles. The van der Waals surface area contributed by atoms with Gasteiger partial charge in [-0.2, -0.15) is 0 Å². The summed E-state index contributed by atoms with van der Waals surface area (Å²) in [6, 6.07) is 0. The second-order valence-corrected chi connectivity index (χ2v) is 3.02. The Kier molecular flexibility index (Phi) is 3.92. The van der Waals surface area contributed by atoms with Crippen molar-refractivity contribution in [2.45, 2.75) is 20.4 Å². The molecular weight excluding hydrogens is 166 g/mol. The largest absolute Gasteiger partial charge is 0.444 e. The highest BCUT2D eigenvalue weighted by atomic mass is 16.4. The fourth-order valence-electron chi connectivity index (χ4n) is 1.15. The second-order valence-electron chi connectivity index (χ2n) is 3.02. The molecule has 0 aliphatic heterocycles. The van der Waals surface area contributed by atoms with Crippen molar-refractivity contribution in [3.8, 4) is 0 Å². The van der Waals surface area contributed by atoms with Gasteiger partial charge in [-0.25, -0.2) is 4.98 Å². The number of aryl methyl sites for hydroxylation is 2. The molecule has 0 unspecified atom stereocenters. The van der Waals surface area contributed by atoms with Crippen LogP contribution in [-0.4, -0.2) is 25.1 Å². The minimum Gasteiger partial charge on any atom is -0.444 e. The lowest BCUT2D eigenvalue weighted by molar-refractivity contribution is 0.454. The quantitative estimate of drug-likeness (QED) is 0.656. The molecule has 0 saturated carbocycles. The first-order valence-electron chi connectivity index (χ1n) is 4.52. The zero-order valence-electron chi connectivity index (χ0n) is 8.48. The lowest BCUT2D eigenvalue weighted by atomic mass is 10.3. The van der Waals surface area contributed by atoms with Crippen LogP contribution in [0, 0.1) is 13.8 Å². The standard InChI is InChI=1S/C9H17N3O/c1-7-9(13-8(2)12-7)6-11-5-4-10-3/h10-11H,4-6H2,1-3H3. The third kappa shape index (κ3) is 3.16. The molecular formula is C9H17N3O. The third-order valence-electron chi connectivity index (χ3n) is 1.84. The van der Waals surface area contributed by atoms with E-state index in [2.05, 4.69) is 15.6 Å². The topological polar surface area (TPSA) is 50.1 Å². The molecule has 0 atom stereocenters. The molecule has 0 amide bonds. The van der Waals surface area contributed by atoms with E-state index < -0.39 is 0 Å². The van der Waals surface area contributed by atoms with E-state index in [1.54, 1.807) is 0 Å². The van der Waals surface area contributed by atoms with Crippen LogP contribution >= 0.6 is 0 Å². The van der Waals surface area contributed by atoms with Crippen molar-refractivity contribution in [3.05, 3.63) is 17.3 Å². The highest BCUT2D eigenvalue weighted by molar-refractivity contribution is 5.06. The Morgan fingerprint density at radius 2 is 2.08 bits per heavy atom. The number of nitrogens with one attached hydrogen (secondary N) is 2. The van der Waals surface area contributed by atoms with Gasteiger partial charge in [0.15, 0.2) is 5.89 Å². The molecule has 0 aromatic carbocycles. The number of hydrogen-bond donors (Lipinski definition) is 2. The maximum absolute atomic E-state index is 5.40. The summed E-state index contributed by atoms with van der Waals surface area (Å²) >= 11 is 0. The van der Waals surface area contributed by atoms with E-state index >= 15 is 0 Å². The molecule has 4 nitrogen and oxygen atoms in total.